The maximum absolute atomic E-state index is 14.9. The fraction of sp³-hybridized carbons (Fsp3) is 0.310. The SMILES string of the molecule is O=C(O)CCc1ccc(CC(NC(=O)NCC(F)(F)F)(c2cc(F)cc(OC(F)(F)C(F)F)c2)c2ccc(F)c(C(F)(F)F)c2)cc1. The molecule has 2 amide bonds. The third-order valence-electron chi connectivity index (χ3n) is 6.53. The van der Waals surface area contributed by atoms with Crippen molar-refractivity contribution in [1.29, 1.82) is 0 Å². The first kappa shape index (κ1) is 36.8. The summed E-state index contributed by atoms with van der Waals surface area (Å²) in [5, 5.41) is 12.3. The van der Waals surface area contributed by atoms with Crippen molar-refractivity contribution in [3.8, 4) is 5.75 Å². The lowest BCUT2D eigenvalue weighted by molar-refractivity contribution is -0.253. The van der Waals surface area contributed by atoms with E-state index in [-0.39, 0.29) is 36.6 Å². The third-order valence-corrected chi connectivity index (χ3v) is 6.53. The van der Waals surface area contributed by atoms with E-state index in [1.807, 2.05) is 5.32 Å². The summed E-state index contributed by atoms with van der Waals surface area (Å²) in [6.45, 7) is -1.98. The van der Waals surface area contributed by atoms with Crippen LogP contribution in [0.2, 0.25) is 0 Å². The number of hydrogen-bond acceptors (Lipinski definition) is 3. The number of amides is 2. The van der Waals surface area contributed by atoms with E-state index in [4.69, 9.17) is 5.11 Å². The van der Waals surface area contributed by atoms with Gasteiger partial charge in [0.2, 0.25) is 0 Å². The number of carboxylic acid groups (broad SMARTS) is 1. The van der Waals surface area contributed by atoms with Crippen LogP contribution in [0.25, 0.3) is 0 Å². The Labute approximate surface area is 257 Å². The summed E-state index contributed by atoms with van der Waals surface area (Å²) in [7, 11) is 0. The molecule has 47 heavy (non-hydrogen) atoms. The molecule has 0 aromatic heterocycles. The van der Waals surface area contributed by atoms with Crippen LogP contribution in [0.1, 0.15) is 34.2 Å². The van der Waals surface area contributed by atoms with Gasteiger partial charge in [-0.3, -0.25) is 4.79 Å². The van der Waals surface area contributed by atoms with Crippen molar-refractivity contribution in [3.05, 3.63) is 100 Å². The zero-order valence-corrected chi connectivity index (χ0v) is 23.4. The number of carbonyl (C=O) groups excluding carboxylic acids is 1. The molecule has 0 fully saturated rings. The van der Waals surface area contributed by atoms with Crippen molar-refractivity contribution in [2.75, 3.05) is 6.54 Å². The smallest absolute Gasteiger partial charge is 0.461 e. The second-order valence-corrected chi connectivity index (χ2v) is 10.0. The summed E-state index contributed by atoms with van der Waals surface area (Å²) < 4.78 is 167. The van der Waals surface area contributed by atoms with Crippen molar-refractivity contribution < 1.29 is 72.1 Å². The van der Waals surface area contributed by atoms with E-state index in [0.717, 1.165) is 0 Å². The number of halogens is 12. The van der Waals surface area contributed by atoms with Gasteiger partial charge in [0.05, 0.1) is 11.1 Å². The van der Waals surface area contributed by atoms with Crippen LogP contribution in [-0.2, 0) is 29.4 Å². The molecule has 0 saturated heterocycles. The van der Waals surface area contributed by atoms with Crippen LogP contribution in [0.3, 0.4) is 0 Å². The summed E-state index contributed by atoms with van der Waals surface area (Å²) in [5.74, 6) is -5.83. The number of aliphatic carboxylic acids is 1. The zero-order chi connectivity index (χ0) is 35.4. The number of aryl methyl sites for hydroxylation is 1. The molecule has 3 aromatic carbocycles. The average molecular weight is 690 g/mol. The van der Waals surface area contributed by atoms with Crippen molar-refractivity contribution >= 4 is 12.0 Å². The van der Waals surface area contributed by atoms with Gasteiger partial charge >= 0.3 is 36.9 Å². The molecule has 1 atom stereocenters. The van der Waals surface area contributed by atoms with Crippen molar-refractivity contribution in [3.63, 3.8) is 0 Å². The number of benzene rings is 3. The van der Waals surface area contributed by atoms with E-state index >= 15 is 0 Å². The maximum Gasteiger partial charge on any atom is 0.461 e. The summed E-state index contributed by atoms with van der Waals surface area (Å²) in [6, 6.07) is 5.63. The molecule has 256 valence electrons. The number of nitrogens with one attached hydrogen (secondary N) is 2. The van der Waals surface area contributed by atoms with Gasteiger partial charge in [0.1, 0.15) is 23.9 Å². The first-order chi connectivity index (χ1) is 21.6. The minimum Gasteiger partial charge on any atom is -0.481 e. The second-order valence-electron chi connectivity index (χ2n) is 10.0. The predicted molar refractivity (Wildman–Crippen MR) is 139 cm³/mol. The van der Waals surface area contributed by atoms with Gasteiger partial charge in [-0.2, -0.15) is 43.9 Å². The Kier molecular flexibility index (Phi) is 11.0. The average Bonchev–Trinajstić information content (AvgIpc) is 2.94. The van der Waals surface area contributed by atoms with Gasteiger partial charge in [-0.1, -0.05) is 30.3 Å². The Hall–Kier alpha value is -4.64. The van der Waals surface area contributed by atoms with E-state index < -0.39 is 89.5 Å². The molecule has 18 heteroatoms. The Morgan fingerprint density at radius 3 is 1.98 bits per heavy atom. The molecule has 1 unspecified atom stereocenters. The monoisotopic (exact) mass is 690 g/mol. The number of carbonyl (C=O) groups is 2. The Morgan fingerprint density at radius 2 is 1.43 bits per heavy atom. The highest BCUT2D eigenvalue weighted by atomic mass is 19.4. The molecule has 3 N–H and O–H groups in total. The molecule has 0 spiro atoms. The molecule has 3 aromatic rings. The fourth-order valence-corrected chi connectivity index (χ4v) is 4.44. The fourth-order valence-electron chi connectivity index (χ4n) is 4.44. The van der Waals surface area contributed by atoms with Crippen LogP contribution in [-0.4, -0.2) is 42.4 Å². The lowest BCUT2D eigenvalue weighted by Gasteiger charge is -2.37. The van der Waals surface area contributed by atoms with Crippen molar-refractivity contribution in [2.45, 2.75) is 49.7 Å². The summed E-state index contributed by atoms with van der Waals surface area (Å²) in [6.07, 6.45) is -21.2. The lowest BCUT2D eigenvalue weighted by atomic mass is 9.77. The molecule has 0 aliphatic rings. The van der Waals surface area contributed by atoms with Crippen molar-refractivity contribution in [1.82, 2.24) is 10.6 Å². The van der Waals surface area contributed by atoms with E-state index in [1.54, 1.807) is 0 Å². The van der Waals surface area contributed by atoms with Crippen LogP contribution >= 0.6 is 0 Å². The lowest BCUT2D eigenvalue weighted by Crippen LogP contribution is -2.53. The van der Waals surface area contributed by atoms with Crippen LogP contribution in [0.4, 0.5) is 57.5 Å². The van der Waals surface area contributed by atoms with Gasteiger partial charge in [0.25, 0.3) is 0 Å². The zero-order valence-electron chi connectivity index (χ0n) is 23.4. The predicted octanol–water partition coefficient (Wildman–Crippen LogP) is 7.59. The number of hydrogen-bond donors (Lipinski definition) is 3. The standard InChI is InChI=1S/C29H22F12N2O4/c30-19-9-18(10-20(12-19)47-29(40,41)24(32)33)26(43-25(46)42-14-27(34,35)36,17-6-7-22(31)21(11-17)28(37,38)39)13-16-3-1-15(2-4-16)5-8-23(44)45/h1-4,6-7,9-12,24H,5,8,13-14H2,(H,44,45)(H2,42,43,46). The third kappa shape index (κ3) is 9.92. The highest BCUT2D eigenvalue weighted by Crippen LogP contribution is 2.41. The molecule has 3 rings (SSSR count). The highest BCUT2D eigenvalue weighted by molar-refractivity contribution is 5.76. The minimum absolute atomic E-state index is 0.00863. The van der Waals surface area contributed by atoms with E-state index in [9.17, 15) is 62.3 Å². The van der Waals surface area contributed by atoms with Crippen LogP contribution < -0.4 is 15.4 Å². The number of alkyl halides is 10. The summed E-state index contributed by atoms with van der Waals surface area (Å²) in [4.78, 5) is 23.8. The number of carboxylic acids is 1. The van der Waals surface area contributed by atoms with E-state index in [2.05, 4.69) is 4.74 Å². The van der Waals surface area contributed by atoms with Gasteiger partial charge in [0.15, 0.2) is 0 Å². The van der Waals surface area contributed by atoms with Gasteiger partial charge in [-0.05, 0) is 52.9 Å². The maximum atomic E-state index is 14.9. The second kappa shape index (κ2) is 14.0. The number of rotatable bonds is 12. The Morgan fingerprint density at radius 1 is 0.809 bits per heavy atom. The van der Waals surface area contributed by atoms with Crippen molar-refractivity contribution in [2.24, 2.45) is 0 Å². The Bertz CT molecular complexity index is 1580. The first-order valence-corrected chi connectivity index (χ1v) is 13.1. The molecule has 0 aliphatic carbocycles. The molecular weight excluding hydrogens is 668 g/mol. The quantitative estimate of drug-likeness (QED) is 0.171. The van der Waals surface area contributed by atoms with E-state index in [1.165, 1.54) is 29.6 Å². The van der Waals surface area contributed by atoms with Gasteiger partial charge in [0, 0.05) is 18.9 Å². The number of ether oxygens (including phenoxy) is 1. The normalized spacial score (nSPS) is 13.6. The molecule has 0 bridgehead atoms. The first-order valence-electron chi connectivity index (χ1n) is 13.1. The van der Waals surface area contributed by atoms with Crippen LogP contribution in [0, 0.1) is 11.6 Å². The van der Waals surface area contributed by atoms with Crippen LogP contribution in [0.15, 0.2) is 60.7 Å². The van der Waals surface area contributed by atoms with E-state index in [0.29, 0.717) is 23.8 Å². The molecule has 0 aliphatic heterocycles. The van der Waals surface area contributed by atoms with Gasteiger partial charge in [-0.25, -0.2) is 13.6 Å². The molecule has 6 nitrogen and oxygen atoms in total. The molecule has 0 heterocycles. The highest BCUT2D eigenvalue weighted by Gasteiger charge is 2.45. The van der Waals surface area contributed by atoms with Gasteiger partial charge in [-0.15, -0.1) is 0 Å². The largest absolute Gasteiger partial charge is 0.481 e. The molecule has 0 radical (unpaired) electrons. The molecule has 0 saturated carbocycles. The minimum atomic E-state index is -5.40. The summed E-state index contributed by atoms with van der Waals surface area (Å²) in [5.41, 5.74) is -5.73. The van der Waals surface area contributed by atoms with Crippen LogP contribution in [0.5, 0.6) is 5.75 Å². The molecular formula is C29H22F12N2O4. The topological polar surface area (TPSA) is 87.7 Å². The van der Waals surface area contributed by atoms with Gasteiger partial charge < -0.3 is 20.5 Å². The number of urea groups is 1. The Balaban J connectivity index is 2.32. The summed E-state index contributed by atoms with van der Waals surface area (Å²) >= 11 is 0.